The largest absolute Gasteiger partial charge is 0.352 e. The Bertz CT molecular complexity index is 939. The molecule has 1 amide bonds. The Labute approximate surface area is 167 Å². The van der Waals surface area contributed by atoms with E-state index in [9.17, 15) is 4.79 Å². The zero-order valence-electron chi connectivity index (χ0n) is 13.2. The van der Waals surface area contributed by atoms with E-state index < -0.39 is 0 Å². The molecule has 128 valence electrons. The van der Waals surface area contributed by atoms with E-state index in [1.54, 1.807) is 29.8 Å². The Morgan fingerprint density at radius 1 is 1.16 bits per heavy atom. The van der Waals surface area contributed by atoms with Gasteiger partial charge in [-0.25, -0.2) is 9.97 Å². The van der Waals surface area contributed by atoms with Crippen LogP contribution in [0.2, 0.25) is 5.02 Å². The first-order valence-corrected chi connectivity index (χ1v) is 10.1. The van der Waals surface area contributed by atoms with Crippen LogP contribution in [-0.4, -0.2) is 47.0 Å². The molecule has 1 saturated heterocycles. The molecule has 0 bridgehead atoms. The van der Waals surface area contributed by atoms with Gasteiger partial charge in [-0.2, -0.15) is 0 Å². The summed E-state index contributed by atoms with van der Waals surface area (Å²) in [7, 11) is 0. The van der Waals surface area contributed by atoms with Gasteiger partial charge in [0.15, 0.2) is 0 Å². The maximum absolute atomic E-state index is 12.8. The molecule has 4 rings (SSSR count). The predicted octanol–water partition coefficient (Wildman–Crippen LogP) is 3.91. The van der Waals surface area contributed by atoms with E-state index in [0.29, 0.717) is 23.7 Å². The third-order valence-electron chi connectivity index (χ3n) is 4.27. The predicted molar refractivity (Wildman–Crippen MR) is 110 cm³/mol. The van der Waals surface area contributed by atoms with Gasteiger partial charge in [-0.1, -0.05) is 11.6 Å². The van der Waals surface area contributed by atoms with Crippen molar-refractivity contribution in [3.63, 3.8) is 0 Å². The van der Waals surface area contributed by atoms with Gasteiger partial charge >= 0.3 is 0 Å². The minimum Gasteiger partial charge on any atom is -0.352 e. The monoisotopic (exact) mass is 484 g/mol. The van der Waals surface area contributed by atoms with E-state index in [1.807, 2.05) is 16.3 Å². The van der Waals surface area contributed by atoms with Gasteiger partial charge in [-0.3, -0.25) is 4.79 Å². The highest BCUT2D eigenvalue weighted by Crippen LogP contribution is 2.28. The fraction of sp³-hybridized carbons (Fsp3) is 0.235. The highest BCUT2D eigenvalue weighted by Gasteiger charge is 2.25. The molecule has 1 aliphatic rings. The molecule has 0 spiro atoms. The summed E-state index contributed by atoms with van der Waals surface area (Å²) in [6.45, 7) is 2.84. The normalized spacial score (nSPS) is 15.0. The Morgan fingerprint density at radius 3 is 2.76 bits per heavy atom. The number of piperazine rings is 1. The summed E-state index contributed by atoms with van der Waals surface area (Å²) in [5.41, 5.74) is 0.670. The number of nitrogens with zero attached hydrogens (tertiary/aromatic N) is 4. The molecule has 0 unspecified atom stereocenters. The molecular weight excluding hydrogens is 471 g/mol. The topological polar surface area (TPSA) is 49.3 Å². The number of benzene rings is 1. The fourth-order valence-corrected chi connectivity index (χ4v) is 4.45. The number of aromatic nitrogens is 2. The fourth-order valence-electron chi connectivity index (χ4n) is 2.98. The lowest BCUT2D eigenvalue weighted by Gasteiger charge is -2.35. The standard InChI is InChI=1S/C17H14ClIN4OS/c18-11-1-2-14(19)13(9-11)17(24)23-6-4-22(5-7-23)15-12-3-8-25-16(12)21-10-20-15/h1-3,8-10H,4-7H2. The number of carbonyl (C=O) groups excluding carboxylic acids is 1. The maximum Gasteiger partial charge on any atom is 0.255 e. The van der Waals surface area contributed by atoms with Gasteiger partial charge < -0.3 is 9.80 Å². The van der Waals surface area contributed by atoms with Crippen LogP contribution in [0.5, 0.6) is 0 Å². The number of fused-ring (bicyclic) bond motifs is 1. The van der Waals surface area contributed by atoms with Crippen LogP contribution in [0.4, 0.5) is 5.82 Å². The van der Waals surface area contributed by atoms with Crippen molar-refractivity contribution in [1.82, 2.24) is 14.9 Å². The third-order valence-corrected chi connectivity index (χ3v) is 6.26. The second-order valence-electron chi connectivity index (χ2n) is 5.74. The van der Waals surface area contributed by atoms with Crippen molar-refractivity contribution in [2.24, 2.45) is 0 Å². The molecule has 1 fully saturated rings. The number of hydrogen-bond donors (Lipinski definition) is 0. The lowest BCUT2D eigenvalue weighted by molar-refractivity contribution is 0.0745. The Kier molecular flexibility index (Phi) is 4.79. The van der Waals surface area contributed by atoms with Gasteiger partial charge in [0, 0.05) is 34.8 Å². The van der Waals surface area contributed by atoms with Crippen LogP contribution < -0.4 is 4.90 Å². The highest BCUT2D eigenvalue weighted by atomic mass is 127. The zero-order chi connectivity index (χ0) is 17.4. The number of thiophene rings is 1. The van der Waals surface area contributed by atoms with Crippen molar-refractivity contribution < 1.29 is 4.79 Å². The average Bonchev–Trinajstić information content (AvgIpc) is 3.12. The summed E-state index contributed by atoms with van der Waals surface area (Å²) in [5, 5.41) is 3.70. The second kappa shape index (κ2) is 7.05. The van der Waals surface area contributed by atoms with Crippen LogP contribution in [-0.2, 0) is 0 Å². The van der Waals surface area contributed by atoms with Crippen LogP contribution >= 0.6 is 45.5 Å². The molecule has 0 atom stereocenters. The van der Waals surface area contributed by atoms with Crippen LogP contribution in [0.25, 0.3) is 10.2 Å². The summed E-state index contributed by atoms with van der Waals surface area (Å²) in [5.74, 6) is 0.991. The molecule has 0 saturated carbocycles. The average molecular weight is 485 g/mol. The van der Waals surface area contributed by atoms with Crippen LogP contribution in [0.3, 0.4) is 0 Å². The van der Waals surface area contributed by atoms with E-state index in [0.717, 1.165) is 32.7 Å². The minimum atomic E-state index is 0.0370. The van der Waals surface area contributed by atoms with Gasteiger partial charge in [0.05, 0.1) is 10.9 Å². The van der Waals surface area contributed by atoms with Crippen molar-refractivity contribution in [2.75, 3.05) is 31.1 Å². The van der Waals surface area contributed by atoms with Gasteiger partial charge in [-0.15, -0.1) is 11.3 Å². The van der Waals surface area contributed by atoms with E-state index in [2.05, 4.69) is 43.5 Å². The number of anilines is 1. The molecule has 1 aromatic carbocycles. The molecule has 3 aromatic rings. The van der Waals surface area contributed by atoms with Crippen LogP contribution in [0, 0.1) is 3.57 Å². The Morgan fingerprint density at radius 2 is 1.96 bits per heavy atom. The first-order valence-electron chi connectivity index (χ1n) is 7.81. The number of amides is 1. The Balaban J connectivity index is 1.51. The molecule has 2 aromatic heterocycles. The number of rotatable bonds is 2. The van der Waals surface area contributed by atoms with E-state index in [1.165, 1.54) is 0 Å². The lowest BCUT2D eigenvalue weighted by atomic mass is 10.2. The lowest BCUT2D eigenvalue weighted by Crippen LogP contribution is -2.49. The molecule has 1 aliphatic heterocycles. The van der Waals surface area contributed by atoms with Crippen molar-refractivity contribution in [3.05, 3.63) is 50.1 Å². The zero-order valence-corrected chi connectivity index (χ0v) is 16.9. The minimum absolute atomic E-state index is 0.0370. The number of hydrogen-bond acceptors (Lipinski definition) is 5. The SMILES string of the molecule is O=C(c1cc(Cl)ccc1I)N1CCN(c2ncnc3sccc23)CC1. The third kappa shape index (κ3) is 3.32. The summed E-state index contributed by atoms with van der Waals surface area (Å²) in [6, 6.07) is 7.48. The molecular formula is C17H14ClIN4OS. The summed E-state index contributed by atoms with van der Waals surface area (Å²) in [6.07, 6.45) is 1.61. The summed E-state index contributed by atoms with van der Waals surface area (Å²) in [4.78, 5) is 26.7. The van der Waals surface area contributed by atoms with Gasteiger partial charge in [0.2, 0.25) is 0 Å². The summed E-state index contributed by atoms with van der Waals surface area (Å²) >= 11 is 9.85. The molecule has 25 heavy (non-hydrogen) atoms. The molecule has 0 N–H and O–H groups in total. The number of carbonyl (C=O) groups is 1. The first-order chi connectivity index (χ1) is 12.1. The molecule has 8 heteroatoms. The van der Waals surface area contributed by atoms with Gasteiger partial charge in [-0.05, 0) is 52.2 Å². The second-order valence-corrected chi connectivity index (χ2v) is 8.23. The number of halogens is 2. The molecule has 0 aliphatic carbocycles. The van der Waals surface area contributed by atoms with Gasteiger partial charge in [0.1, 0.15) is 17.0 Å². The van der Waals surface area contributed by atoms with Crippen molar-refractivity contribution in [3.8, 4) is 0 Å². The van der Waals surface area contributed by atoms with Crippen LogP contribution in [0.15, 0.2) is 36.0 Å². The van der Waals surface area contributed by atoms with E-state index in [4.69, 9.17) is 11.6 Å². The molecule has 0 radical (unpaired) electrons. The van der Waals surface area contributed by atoms with E-state index >= 15 is 0 Å². The van der Waals surface area contributed by atoms with Crippen molar-refractivity contribution in [2.45, 2.75) is 0 Å². The smallest absolute Gasteiger partial charge is 0.255 e. The quantitative estimate of drug-likeness (QED) is 0.518. The van der Waals surface area contributed by atoms with Crippen LogP contribution in [0.1, 0.15) is 10.4 Å². The molecule has 3 heterocycles. The van der Waals surface area contributed by atoms with Crippen molar-refractivity contribution in [1.29, 1.82) is 0 Å². The Hall–Kier alpha value is -1.45. The van der Waals surface area contributed by atoms with E-state index in [-0.39, 0.29) is 5.91 Å². The summed E-state index contributed by atoms with van der Waals surface area (Å²) < 4.78 is 0.921. The van der Waals surface area contributed by atoms with Crippen molar-refractivity contribution >= 4 is 67.5 Å². The first kappa shape index (κ1) is 17.0. The highest BCUT2D eigenvalue weighted by molar-refractivity contribution is 14.1. The van der Waals surface area contributed by atoms with Gasteiger partial charge in [0.25, 0.3) is 5.91 Å². The maximum atomic E-state index is 12.8. The molecule has 5 nitrogen and oxygen atoms in total.